The van der Waals surface area contributed by atoms with E-state index in [1.54, 1.807) is 61.3 Å². The molecule has 3 aromatic rings. The Balaban J connectivity index is 1.72. The Kier molecular flexibility index (Phi) is 4.15. The fraction of sp³-hybridized carbons (Fsp3) is 0.118. The molecule has 0 spiro atoms. The van der Waals surface area contributed by atoms with Gasteiger partial charge in [-0.1, -0.05) is 6.07 Å². The van der Waals surface area contributed by atoms with E-state index in [0.29, 0.717) is 11.2 Å². The summed E-state index contributed by atoms with van der Waals surface area (Å²) in [7, 11) is 3.34. The second-order valence-corrected chi connectivity index (χ2v) is 5.17. The van der Waals surface area contributed by atoms with Crippen LogP contribution in [0.2, 0.25) is 0 Å². The number of methoxy groups -OCH3 is 1. The SMILES string of the molecule is COc1ccc2nc(C(=O)NNC(=O)c3cccn3C)ccc2c1. The maximum Gasteiger partial charge on any atom is 0.288 e. The number of nitrogens with zero attached hydrogens (tertiary/aromatic N) is 2. The number of ether oxygens (including phenoxy) is 1. The number of carbonyl (C=O) groups excluding carboxylic acids is 2. The molecule has 7 nitrogen and oxygen atoms in total. The van der Waals surface area contributed by atoms with Crippen LogP contribution in [0.3, 0.4) is 0 Å². The number of benzene rings is 1. The Morgan fingerprint density at radius 1 is 1.08 bits per heavy atom. The average molecular weight is 324 g/mol. The molecule has 0 saturated heterocycles. The van der Waals surface area contributed by atoms with Crippen molar-refractivity contribution in [3.8, 4) is 5.75 Å². The smallest absolute Gasteiger partial charge is 0.288 e. The summed E-state index contributed by atoms with van der Waals surface area (Å²) < 4.78 is 6.81. The van der Waals surface area contributed by atoms with E-state index >= 15 is 0 Å². The highest BCUT2D eigenvalue weighted by molar-refractivity contribution is 5.98. The Hall–Kier alpha value is -3.35. The number of carbonyl (C=O) groups is 2. The van der Waals surface area contributed by atoms with E-state index in [1.165, 1.54) is 0 Å². The number of aromatic nitrogens is 2. The lowest BCUT2D eigenvalue weighted by atomic mass is 10.2. The van der Waals surface area contributed by atoms with Gasteiger partial charge >= 0.3 is 0 Å². The van der Waals surface area contributed by atoms with Crippen molar-refractivity contribution in [1.82, 2.24) is 20.4 Å². The Labute approximate surface area is 138 Å². The summed E-state index contributed by atoms with van der Waals surface area (Å²) in [5, 5.41) is 0.860. The van der Waals surface area contributed by atoms with Crippen LogP contribution in [0.15, 0.2) is 48.7 Å². The summed E-state index contributed by atoms with van der Waals surface area (Å²) in [6, 6.07) is 12.1. The molecule has 1 aromatic carbocycles. The number of fused-ring (bicyclic) bond motifs is 1. The minimum absolute atomic E-state index is 0.208. The average Bonchev–Trinajstić information content (AvgIpc) is 3.04. The lowest BCUT2D eigenvalue weighted by molar-refractivity contribution is 0.0839. The molecular weight excluding hydrogens is 308 g/mol. The van der Waals surface area contributed by atoms with E-state index in [4.69, 9.17) is 4.74 Å². The van der Waals surface area contributed by atoms with Gasteiger partial charge in [-0.05, 0) is 36.4 Å². The molecule has 2 heterocycles. The first-order valence-corrected chi connectivity index (χ1v) is 7.25. The third-order valence-corrected chi connectivity index (χ3v) is 3.59. The van der Waals surface area contributed by atoms with E-state index < -0.39 is 11.8 Å². The van der Waals surface area contributed by atoms with Crippen LogP contribution < -0.4 is 15.6 Å². The third kappa shape index (κ3) is 3.05. The van der Waals surface area contributed by atoms with E-state index in [1.807, 2.05) is 6.07 Å². The van der Waals surface area contributed by atoms with Gasteiger partial charge < -0.3 is 9.30 Å². The molecule has 122 valence electrons. The van der Waals surface area contributed by atoms with E-state index in [2.05, 4.69) is 15.8 Å². The van der Waals surface area contributed by atoms with Crippen LogP contribution in [0.5, 0.6) is 5.75 Å². The quantitative estimate of drug-likeness (QED) is 0.718. The zero-order valence-electron chi connectivity index (χ0n) is 13.2. The molecule has 3 rings (SSSR count). The molecule has 0 saturated carbocycles. The highest BCUT2D eigenvalue weighted by Gasteiger charge is 2.12. The lowest BCUT2D eigenvalue weighted by Crippen LogP contribution is -2.42. The normalized spacial score (nSPS) is 10.4. The summed E-state index contributed by atoms with van der Waals surface area (Å²) >= 11 is 0. The number of rotatable bonds is 3. The minimum Gasteiger partial charge on any atom is -0.497 e. The molecule has 0 unspecified atom stereocenters. The minimum atomic E-state index is -0.490. The molecule has 0 aliphatic carbocycles. The van der Waals surface area contributed by atoms with Crippen LogP contribution in [0, 0.1) is 0 Å². The van der Waals surface area contributed by atoms with E-state index in [0.717, 1.165) is 11.1 Å². The van der Waals surface area contributed by atoms with Crippen molar-refractivity contribution >= 4 is 22.7 Å². The first kappa shape index (κ1) is 15.5. The van der Waals surface area contributed by atoms with Gasteiger partial charge in [0, 0.05) is 18.6 Å². The highest BCUT2D eigenvalue weighted by Crippen LogP contribution is 2.19. The van der Waals surface area contributed by atoms with Crippen molar-refractivity contribution in [2.75, 3.05) is 7.11 Å². The number of hydrazine groups is 1. The molecule has 2 N–H and O–H groups in total. The van der Waals surface area contributed by atoms with Gasteiger partial charge in [-0.3, -0.25) is 20.4 Å². The van der Waals surface area contributed by atoms with Crippen molar-refractivity contribution in [3.63, 3.8) is 0 Å². The predicted octanol–water partition coefficient (Wildman–Crippen LogP) is 1.66. The van der Waals surface area contributed by atoms with Crippen LogP contribution in [-0.4, -0.2) is 28.5 Å². The van der Waals surface area contributed by atoms with Gasteiger partial charge in [0.2, 0.25) is 0 Å². The van der Waals surface area contributed by atoms with Gasteiger partial charge in [-0.25, -0.2) is 4.98 Å². The molecule has 0 atom stereocenters. The van der Waals surface area contributed by atoms with Crippen LogP contribution in [0.25, 0.3) is 10.9 Å². The first-order chi connectivity index (χ1) is 11.6. The fourth-order valence-electron chi connectivity index (χ4n) is 2.30. The summed E-state index contributed by atoms with van der Waals surface area (Å²) in [5.74, 6) is -0.173. The molecule has 0 aliphatic rings. The number of amides is 2. The molecule has 7 heteroatoms. The zero-order valence-corrected chi connectivity index (χ0v) is 13.2. The topological polar surface area (TPSA) is 85.2 Å². The second kappa shape index (κ2) is 6.41. The molecule has 24 heavy (non-hydrogen) atoms. The van der Waals surface area contributed by atoms with Gasteiger partial charge in [-0.2, -0.15) is 0 Å². The number of hydrogen-bond acceptors (Lipinski definition) is 4. The zero-order chi connectivity index (χ0) is 17.1. The van der Waals surface area contributed by atoms with Crippen LogP contribution in [-0.2, 0) is 7.05 Å². The molecular formula is C17H16N4O3. The number of hydrogen-bond donors (Lipinski definition) is 2. The lowest BCUT2D eigenvalue weighted by Gasteiger charge is -2.08. The van der Waals surface area contributed by atoms with Crippen LogP contribution in [0.1, 0.15) is 21.0 Å². The largest absolute Gasteiger partial charge is 0.497 e. The summed E-state index contributed by atoms with van der Waals surface area (Å²) in [6.07, 6.45) is 1.75. The Morgan fingerprint density at radius 2 is 1.88 bits per heavy atom. The van der Waals surface area contributed by atoms with Gasteiger partial charge in [-0.15, -0.1) is 0 Å². The molecule has 0 bridgehead atoms. The van der Waals surface area contributed by atoms with Gasteiger partial charge in [0.25, 0.3) is 11.8 Å². The number of aryl methyl sites for hydroxylation is 1. The number of pyridine rings is 1. The standard InChI is InChI=1S/C17H16N4O3/c1-21-9-3-4-15(21)17(23)20-19-16(22)14-7-5-11-10-12(24-2)6-8-13(11)18-14/h3-10H,1-2H3,(H,19,22)(H,20,23). The highest BCUT2D eigenvalue weighted by atomic mass is 16.5. The fourth-order valence-corrected chi connectivity index (χ4v) is 2.30. The van der Waals surface area contributed by atoms with Gasteiger partial charge in [0.05, 0.1) is 12.6 Å². The first-order valence-electron chi connectivity index (χ1n) is 7.25. The van der Waals surface area contributed by atoms with Gasteiger partial charge in [0.1, 0.15) is 17.1 Å². The van der Waals surface area contributed by atoms with E-state index in [-0.39, 0.29) is 5.69 Å². The molecule has 2 aromatic heterocycles. The number of nitrogens with one attached hydrogen (secondary N) is 2. The monoisotopic (exact) mass is 324 g/mol. The van der Waals surface area contributed by atoms with Gasteiger partial charge in [0.15, 0.2) is 0 Å². The second-order valence-electron chi connectivity index (χ2n) is 5.17. The van der Waals surface area contributed by atoms with E-state index in [9.17, 15) is 9.59 Å². The van der Waals surface area contributed by atoms with Crippen molar-refractivity contribution in [3.05, 3.63) is 60.0 Å². The predicted molar refractivity (Wildman–Crippen MR) is 88.6 cm³/mol. The Morgan fingerprint density at radius 3 is 2.58 bits per heavy atom. The van der Waals surface area contributed by atoms with Crippen LogP contribution >= 0.6 is 0 Å². The molecule has 2 amide bonds. The molecule has 0 radical (unpaired) electrons. The third-order valence-electron chi connectivity index (χ3n) is 3.59. The summed E-state index contributed by atoms with van der Waals surface area (Å²) in [5.41, 5.74) is 6.04. The van der Waals surface area contributed by atoms with Crippen molar-refractivity contribution in [1.29, 1.82) is 0 Å². The summed E-state index contributed by atoms with van der Waals surface area (Å²) in [4.78, 5) is 28.4. The van der Waals surface area contributed by atoms with Crippen LogP contribution in [0.4, 0.5) is 0 Å². The molecule has 0 aliphatic heterocycles. The van der Waals surface area contributed by atoms with Crippen molar-refractivity contribution in [2.24, 2.45) is 7.05 Å². The summed E-state index contributed by atoms with van der Waals surface area (Å²) in [6.45, 7) is 0. The maximum absolute atomic E-state index is 12.2. The maximum atomic E-state index is 12.2. The van der Waals surface area contributed by atoms with Crippen molar-refractivity contribution < 1.29 is 14.3 Å². The Bertz CT molecular complexity index is 917. The molecule has 0 fully saturated rings. The van der Waals surface area contributed by atoms with Crippen molar-refractivity contribution in [2.45, 2.75) is 0 Å².